The Morgan fingerprint density at radius 3 is 2.45 bits per heavy atom. The Balaban J connectivity index is 1.49. The Kier molecular flexibility index (Phi) is 5.74. The van der Waals surface area contributed by atoms with Crippen LogP contribution in [0.1, 0.15) is 48.7 Å². The third kappa shape index (κ3) is 4.23. The van der Waals surface area contributed by atoms with E-state index in [0.29, 0.717) is 18.0 Å². The minimum absolute atomic E-state index is 0.0315. The maximum atomic E-state index is 13.4. The zero-order valence-electron chi connectivity index (χ0n) is 16.9. The first-order valence-corrected chi connectivity index (χ1v) is 10.7. The van der Waals surface area contributed by atoms with Crippen LogP contribution < -0.4 is 9.80 Å². The van der Waals surface area contributed by atoms with E-state index >= 15 is 0 Å². The first-order chi connectivity index (χ1) is 13.9. The van der Waals surface area contributed by atoms with E-state index in [1.165, 1.54) is 0 Å². The number of aliphatic hydroxyl groups is 1. The molecule has 2 aromatic rings. The minimum Gasteiger partial charge on any atom is -0.388 e. The molecule has 7 heteroatoms. The summed E-state index contributed by atoms with van der Waals surface area (Å²) in [7, 11) is 0. The maximum Gasteiger partial charge on any atom is 0.230 e. The van der Waals surface area contributed by atoms with E-state index < -0.39 is 6.10 Å². The van der Waals surface area contributed by atoms with E-state index in [2.05, 4.69) is 14.9 Å². The number of anilines is 2. The summed E-state index contributed by atoms with van der Waals surface area (Å²) in [4.78, 5) is 26.5. The largest absolute Gasteiger partial charge is 0.388 e. The van der Waals surface area contributed by atoms with Crippen molar-refractivity contribution < 1.29 is 9.90 Å². The molecule has 1 fully saturated rings. The van der Waals surface area contributed by atoms with E-state index in [4.69, 9.17) is 11.6 Å². The van der Waals surface area contributed by atoms with Gasteiger partial charge in [-0.3, -0.25) is 4.79 Å². The summed E-state index contributed by atoms with van der Waals surface area (Å²) in [5.41, 5.74) is 3.47. The van der Waals surface area contributed by atoms with Crippen LogP contribution in [0, 0.1) is 19.8 Å². The lowest BCUT2D eigenvalue weighted by atomic mass is 9.95. The van der Waals surface area contributed by atoms with Crippen molar-refractivity contribution in [1.82, 2.24) is 9.97 Å². The number of aryl methyl sites for hydroxylation is 2. The highest BCUT2D eigenvalue weighted by atomic mass is 35.5. The van der Waals surface area contributed by atoms with Crippen molar-refractivity contribution in [3.63, 3.8) is 0 Å². The first-order valence-electron chi connectivity index (χ1n) is 10.3. The predicted octanol–water partition coefficient (Wildman–Crippen LogP) is 3.82. The van der Waals surface area contributed by atoms with Gasteiger partial charge in [0.05, 0.1) is 6.10 Å². The molecule has 0 saturated carbocycles. The number of benzene rings is 1. The zero-order valence-corrected chi connectivity index (χ0v) is 17.7. The number of fused-ring (bicyclic) bond motifs is 1. The molecule has 0 spiro atoms. The van der Waals surface area contributed by atoms with Gasteiger partial charge in [-0.15, -0.1) is 0 Å². The van der Waals surface area contributed by atoms with Crippen molar-refractivity contribution in [3.8, 4) is 0 Å². The van der Waals surface area contributed by atoms with E-state index in [1.54, 1.807) is 12.1 Å². The van der Waals surface area contributed by atoms with Crippen LogP contribution in [0.3, 0.4) is 0 Å². The first kappa shape index (κ1) is 20.1. The number of aromatic nitrogens is 2. The molecule has 3 heterocycles. The Hall–Kier alpha value is -2.18. The number of hydrogen-bond acceptors (Lipinski definition) is 5. The Labute approximate surface area is 176 Å². The number of nitrogens with zero attached hydrogens (tertiary/aromatic N) is 4. The number of amides is 1. The van der Waals surface area contributed by atoms with Crippen molar-refractivity contribution in [2.24, 2.45) is 5.92 Å². The molecule has 29 heavy (non-hydrogen) atoms. The molecule has 1 amide bonds. The van der Waals surface area contributed by atoms with Gasteiger partial charge in [0, 0.05) is 53.2 Å². The molecular weight excluding hydrogens is 388 g/mol. The highest BCUT2D eigenvalue weighted by Crippen LogP contribution is 2.36. The molecule has 1 N–H and O–H groups in total. The molecule has 1 aromatic carbocycles. The summed E-state index contributed by atoms with van der Waals surface area (Å²) in [5.74, 6) is 0.867. The predicted molar refractivity (Wildman–Crippen MR) is 114 cm³/mol. The fourth-order valence-electron chi connectivity index (χ4n) is 4.38. The molecular formula is C22H27ClN4O2. The Morgan fingerprint density at radius 1 is 1.07 bits per heavy atom. The van der Waals surface area contributed by atoms with Crippen LogP contribution in [0.4, 0.5) is 11.6 Å². The fraction of sp³-hybridized carbons (Fsp3) is 0.500. The van der Waals surface area contributed by atoms with Crippen molar-refractivity contribution in [3.05, 3.63) is 46.2 Å². The second-order valence-corrected chi connectivity index (χ2v) is 8.50. The van der Waals surface area contributed by atoms with Gasteiger partial charge in [-0.1, -0.05) is 11.6 Å². The fourth-order valence-corrected chi connectivity index (χ4v) is 4.56. The minimum atomic E-state index is -0.579. The van der Waals surface area contributed by atoms with Crippen molar-refractivity contribution >= 4 is 29.1 Å². The lowest BCUT2D eigenvalue weighted by Crippen LogP contribution is -2.43. The zero-order chi connectivity index (χ0) is 20.5. The number of rotatable bonds is 2. The molecule has 6 nitrogen and oxygen atoms in total. The summed E-state index contributed by atoms with van der Waals surface area (Å²) < 4.78 is 0. The number of carbonyl (C=O) groups excluding carboxylic acids is 1. The summed E-state index contributed by atoms with van der Waals surface area (Å²) in [5, 5.41) is 11.0. The van der Waals surface area contributed by atoms with Gasteiger partial charge in [0.25, 0.3) is 0 Å². The van der Waals surface area contributed by atoms with E-state index in [-0.39, 0.29) is 11.8 Å². The maximum absolute atomic E-state index is 13.4. The van der Waals surface area contributed by atoms with E-state index in [1.807, 2.05) is 30.9 Å². The van der Waals surface area contributed by atoms with Crippen LogP contribution >= 0.6 is 11.6 Å². The number of aliphatic hydroxyl groups excluding tert-OH is 1. The lowest BCUT2D eigenvalue weighted by Gasteiger charge is -2.34. The highest BCUT2D eigenvalue weighted by molar-refractivity contribution is 6.30. The van der Waals surface area contributed by atoms with E-state index in [0.717, 1.165) is 60.9 Å². The molecule has 2 aliphatic heterocycles. The van der Waals surface area contributed by atoms with Crippen LogP contribution in [0.5, 0.6) is 0 Å². The summed E-state index contributed by atoms with van der Waals surface area (Å²) in [6, 6.07) is 7.41. The van der Waals surface area contributed by atoms with Crippen LogP contribution in [0.2, 0.25) is 5.02 Å². The number of piperidine rings is 1. The third-order valence-electron chi connectivity index (χ3n) is 5.86. The third-order valence-corrected chi connectivity index (χ3v) is 6.10. The van der Waals surface area contributed by atoms with Crippen molar-refractivity contribution in [2.75, 3.05) is 29.4 Å². The molecule has 1 unspecified atom stereocenters. The van der Waals surface area contributed by atoms with E-state index in [9.17, 15) is 9.90 Å². The van der Waals surface area contributed by atoms with Gasteiger partial charge >= 0.3 is 0 Å². The SMILES string of the molecule is Cc1cc(C)nc(N2CCC(C(=O)N3CCCC(O)c4cc(Cl)ccc43)CC2)n1. The highest BCUT2D eigenvalue weighted by Gasteiger charge is 2.33. The average molecular weight is 415 g/mol. The normalized spacial score (nSPS) is 20.3. The molecule has 1 aromatic heterocycles. The number of carbonyl (C=O) groups is 1. The number of hydrogen-bond donors (Lipinski definition) is 1. The quantitative estimate of drug-likeness (QED) is 0.808. The average Bonchev–Trinajstić information content (AvgIpc) is 2.86. The Bertz CT molecular complexity index is 891. The molecule has 154 valence electrons. The molecule has 0 bridgehead atoms. The van der Waals surface area contributed by atoms with Gasteiger partial charge in [0.15, 0.2) is 0 Å². The van der Waals surface area contributed by atoms with Gasteiger partial charge in [-0.25, -0.2) is 9.97 Å². The molecule has 1 atom stereocenters. The Morgan fingerprint density at radius 2 is 1.76 bits per heavy atom. The van der Waals surface area contributed by atoms with Crippen LogP contribution in [0.25, 0.3) is 0 Å². The van der Waals surface area contributed by atoms with Crippen molar-refractivity contribution in [2.45, 2.75) is 45.6 Å². The summed E-state index contributed by atoms with van der Waals surface area (Å²) >= 11 is 6.14. The van der Waals surface area contributed by atoms with Crippen LogP contribution in [0.15, 0.2) is 24.3 Å². The van der Waals surface area contributed by atoms with Gasteiger partial charge in [-0.05, 0) is 63.8 Å². The van der Waals surface area contributed by atoms with Gasteiger partial charge in [-0.2, -0.15) is 0 Å². The van der Waals surface area contributed by atoms with Crippen LogP contribution in [-0.4, -0.2) is 40.6 Å². The molecule has 1 saturated heterocycles. The summed E-state index contributed by atoms with van der Waals surface area (Å²) in [6.07, 6.45) is 2.38. The molecule has 0 radical (unpaired) electrons. The second-order valence-electron chi connectivity index (χ2n) is 8.06. The smallest absolute Gasteiger partial charge is 0.230 e. The van der Waals surface area contributed by atoms with Crippen LogP contribution in [-0.2, 0) is 4.79 Å². The monoisotopic (exact) mass is 414 g/mol. The van der Waals surface area contributed by atoms with Gasteiger partial charge in [0.1, 0.15) is 0 Å². The van der Waals surface area contributed by atoms with Gasteiger partial charge < -0.3 is 14.9 Å². The second kappa shape index (κ2) is 8.28. The number of halogens is 1. The lowest BCUT2D eigenvalue weighted by molar-refractivity contribution is -0.123. The molecule has 4 rings (SSSR count). The topological polar surface area (TPSA) is 69.6 Å². The standard InChI is InChI=1S/C22H27ClN4O2/c1-14-12-15(2)25-22(24-14)26-10-7-16(8-11-26)21(29)27-9-3-4-20(28)18-13-17(23)5-6-19(18)27/h5-6,12-13,16,20,28H,3-4,7-11H2,1-2H3. The molecule has 2 aliphatic rings. The van der Waals surface area contributed by atoms with Gasteiger partial charge in [0.2, 0.25) is 11.9 Å². The van der Waals surface area contributed by atoms with Crippen molar-refractivity contribution in [1.29, 1.82) is 0 Å². The molecule has 0 aliphatic carbocycles. The summed E-state index contributed by atoms with van der Waals surface area (Å²) in [6.45, 7) is 6.12.